The van der Waals surface area contributed by atoms with Gasteiger partial charge in [0, 0.05) is 24.2 Å². The molecule has 0 saturated heterocycles. The zero-order valence-corrected chi connectivity index (χ0v) is 17.6. The van der Waals surface area contributed by atoms with Crippen molar-refractivity contribution in [2.45, 2.75) is 39.7 Å². The number of carbonyl (C=O) groups is 1. The molecular formula is C26H27N3O. The van der Waals surface area contributed by atoms with Crippen molar-refractivity contribution in [3.05, 3.63) is 95.3 Å². The fourth-order valence-corrected chi connectivity index (χ4v) is 3.79. The van der Waals surface area contributed by atoms with Gasteiger partial charge in [-0.15, -0.1) is 0 Å². The Morgan fingerprint density at radius 3 is 2.53 bits per heavy atom. The highest BCUT2D eigenvalue weighted by Gasteiger charge is 2.10. The topological polar surface area (TPSA) is 46.9 Å². The molecular weight excluding hydrogens is 370 g/mol. The van der Waals surface area contributed by atoms with E-state index in [2.05, 4.69) is 47.1 Å². The maximum Gasteiger partial charge on any atom is 0.255 e. The molecule has 4 heteroatoms. The van der Waals surface area contributed by atoms with Gasteiger partial charge in [0.1, 0.15) is 5.82 Å². The summed E-state index contributed by atoms with van der Waals surface area (Å²) in [4.78, 5) is 17.3. The van der Waals surface area contributed by atoms with Crippen LogP contribution in [0.25, 0.3) is 11.0 Å². The Hall–Kier alpha value is -3.40. The molecule has 0 spiro atoms. The predicted octanol–water partition coefficient (Wildman–Crippen LogP) is 5.79. The normalized spacial score (nSPS) is 11.0. The number of amides is 1. The average Bonchev–Trinajstić information content (AvgIpc) is 3.11. The molecule has 4 rings (SSSR count). The van der Waals surface area contributed by atoms with Crippen molar-refractivity contribution in [3.63, 3.8) is 0 Å². The molecule has 0 bridgehead atoms. The summed E-state index contributed by atoms with van der Waals surface area (Å²) in [6.07, 6.45) is 2.89. The minimum atomic E-state index is -0.0836. The minimum absolute atomic E-state index is 0.0836. The van der Waals surface area contributed by atoms with Crippen molar-refractivity contribution in [1.29, 1.82) is 0 Å². The van der Waals surface area contributed by atoms with Gasteiger partial charge < -0.3 is 9.88 Å². The molecule has 1 N–H and O–H groups in total. The first-order valence-corrected chi connectivity index (χ1v) is 10.5. The lowest BCUT2D eigenvalue weighted by atomic mass is 10.1. The second-order valence-corrected chi connectivity index (χ2v) is 7.69. The van der Waals surface area contributed by atoms with Gasteiger partial charge >= 0.3 is 0 Å². The van der Waals surface area contributed by atoms with Crippen molar-refractivity contribution in [2.75, 3.05) is 5.32 Å². The number of nitrogens with one attached hydrogen (secondary N) is 1. The fourth-order valence-electron chi connectivity index (χ4n) is 3.79. The average molecular weight is 398 g/mol. The van der Waals surface area contributed by atoms with Crippen LogP contribution in [0.4, 0.5) is 5.69 Å². The Kier molecular flexibility index (Phi) is 5.94. The molecule has 4 aromatic rings. The first-order chi connectivity index (χ1) is 14.6. The van der Waals surface area contributed by atoms with Crippen LogP contribution in [0.5, 0.6) is 0 Å². The summed E-state index contributed by atoms with van der Waals surface area (Å²) < 4.78 is 2.34. The van der Waals surface area contributed by atoms with Crippen LogP contribution in [0, 0.1) is 6.92 Å². The highest BCUT2D eigenvalue weighted by molar-refractivity contribution is 6.04. The van der Waals surface area contributed by atoms with E-state index in [1.807, 2.05) is 49.4 Å². The molecule has 0 unspecified atom stereocenters. The third-order valence-corrected chi connectivity index (χ3v) is 5.31. The SMILES string of the molecule is CCCn1c(CCc2ccc(NC(=O)c3cccc(C)c3)cc2)nc2ccccc21. The number of carbonyl (C=O) groups excluding carboxylic acids is 1. The third kappa shape index (κ3) is 4.43. The van der Waals surface area contributed by atoms with E-state index < -0.39 is 0 Å². The standard InChI is InChI=1S/C26H27N3O/c1-3-17-29-24-10-5-4-9-23(24)28-25(29)16-13-20-11-14-22(15-12-20)27-26(30)21-8-6-7-19(2)18-21/h4-12,14-15,18H,3,13,16-17H2,1-2H3,(H,27,30). The Labute approximate surface area is 177 Å². The lowest BCUT2D eigenvalue weighted by Crippen LogP contribution is -2.12. The number of aryl methyl sites for hydroxylation is 4. The summed E-state index contributed by atoms with van der Waals surface area (Å²) >= 11 is 0. The fraction of sp³-hybridized carbons (Fsp3) is 0.231. The molecule has 30 heavy (non-hydrogen) atoms. The zero-order valence-electron chi connectivity index (χ0n) is 17.6. The summed E-state index contributed by atoms with van der Waals surface area (Å²) in [6.45, 7) is 5.17. The van der Waals surface area contributed by atoms with Crippen molar-refractivity contribution in [3.8, 4) is 0 Å². The molecule has 0 aliphatic heterocycles. The van der Waals surface area contributed by atoms with Crippen molar-refractivity contribution in [1.82, 2.24) is 9.55 Å². The second-order valence-electron chi connectivity index (χ2n) is 7.69. The molecule has 0 fully saturated rings. The van der Waals surface area contributed by atoms with E-state index in [0.717, 1.165) is 48.4 Å². The lowest BCUT2D eigenvalue weighted by molar-refractivity contribution is 0.102. The number of benzene rings is 3. The van der Waals surface area contributed by atoms with Crippen LogP contribution >= 0.6 is 0 Å². The van der Waals surface area contributed by atoms with Gasteiger partial charge in [0.2, 0.25) is 0 Å². The van der Waals surface area contributed by atoms with Gasteiger partial charge in [0.05, 0.1) is 11.0 Å². The number of aromatic nitrogens is 2. The first kappa shape index (κ1) is 19.9. The van der Waals surface area contributed by atoms with Gasteiger partial charge in [-0.05, 0) is 61.7 Å². The van der Waals surface area contributed by atoms with Gasteiger partial charge in [-0.2, -0.15) is 0 Å². The van der Waals surface area contributed by atoms with Crippen LogP contribution in [-0.4, -0.2) is 15.5 Å². The number of hydrogen-bond acceptors (Lipinski definition) is 2. The van der Waals surface area contributed by atoms with E-state index in [1.54, 1.807) is 0 Å². The molecule has 0 radical (unpaired) electrons. The van der Waals surface area contributed by atoms with Gasteiger partial charge in [0.25, 0.3) is 5.91 Å². The van der Waals surface area contributed by atoms with Crippen LogP contribution in [0.3, 0.4) is 0 Å². The van der Waals surface area contributed by atoms with Crippen LogP contribution in [0.15, 0.2) is 72.8 Å². The summed E-state index contributed by atoms with van der Waals surface area (Å²) in [6, 6.07) is 24.1. The molecule has 1 aromatic heterocycles. The molecule has 0 atom stereocenters. The molecule has 1 amide bonds. The summed E-state index contributed by atoms with van der Waals surface area (Å²) in [5.74, 6) is 1.05. The lowest BCUT2D eigenvalue weighted by Gasteiger charge is -2.09. The van der Waals surface area contributed by atoms with Gasteiger partial charge in [0.15, 0.2) is 0 Å². The Morgan fingerprint density at radius 2 is 1.77 bits per heavy atom. The molecule has 0 aliphatic carbocycles. The highest BCUT2D eigenvalue weighted by atomic mass is 16.1. The number of rotatable bonds is 7. The molecule has 1 heterocycles. The maximum atomic E-state index is 12.4. The Morgan fingerprint density at radius 1 is 0.967 bits per heavy atom. The molecule has 152 valence electrons. The van der Waals surface area contributed by atoms with Gasteiger partial charge in [-0.3, -0.25) is 4.79 Å². The van der Waals surface area contributed by atoms with Crippen LogP contribution in [0.2, 0.25) is 0 Å². The van der Waals surface area contributed by atoms with Crippen LogP contribution in [0.1, 0.15) is 40.7 Å². The summed E-state index contributed by atoms with van der Waals surface area (Å²) in [5.41, 5.74) is 6.07. The Balaban J connectivity index is 1.42. The van der Waals surface area contributed by atoms with E-state index in [0.29, 0.717) is 5.56 Å². The van der Waals surface area contributed by atoms with E-state index in [9.17, 15) is 4.79 Å². The maximum absolute atomic E-state index is 12.4. The van der Waals surface area contributed by atoms with E-state index in [-0.39, 0.29) is 5.91 Å². The second kappa shape index (κ2) is 8.95. The predicted molar refractivity (Wildman–Crippen MR) is 123 cm³/mol. The van der Waals surface area contributed by atoms with E-state index in [4.69, 9.17) is 4.98 Å². The van der Waals surface area contributed by atoms with Crippen LogP contribution < -0.4 is 5.32 Å². The van der Waals surface area contributed by atoms with Crippen molar-refractivity contribution in [2.24, 2.45) is 0 Å². The first-order valence-electron chi connectivity index (χ1n) is 10.5. The highest BCUT2D eigenvalue weighted by Crippen LogP contribution is 2.19. The molecule has 0 aliphatic rings. The van der Waals surface area contributed by atoms with Crippen molar-refractivity contribution < 1.29 is 4.79 Å². The van der Waals surface area contributed by atoms with E-state index >= 15 is 0 Å². The van der Waals surface area contributed by atoms with Crippen molar-refractivity contribution >= 4 is 22.6 Å². The summed E-state index contributed by atoms with van der Waals surface area (Å²) in [5, 5.41) is 2.97. The monoisotopic (exact) mass is 397 g/mol. The number of nitrogens with zero attached hydrogens (tertiary/aromatic N) is 2. The zero-order chi connectivity index (χ0) is 20.9. The van der Waals surface area contributed by atoms with Crippen LogP contribution in [-0.2, 0) is 19.4 Å². The summed E-state index contributed by atoms with van der Waals surface area (Å²) in [7, 11) is 0. The number of fused-ring (bicyclic) bond motifs is 1. The molecule has 3 aromatic carbocycles. The molecule has 4 nitrogen and oxygen atoms in total. The number of imidazole rings is 1. The van der Waals surface area contributed by atoms with Gasteiger partial charge in [-0.1, -0.05) is 48.9 Å². The molecule has 0 saturated carbocycles. The number of hydrogen-bond donors (Lipinski definition) is 1. The third-order valence-electron chi connectivity index (χ3n) is 5.31. The number of anilines is 1. The minimum Gasteiger partial charge on any atom is -0.328 e. The Bertz CT molecular complexity index is 1160. The number of para-hydroxylation sites is 2. The van der Waals surface area contributed by atoms with Gasteiger partial charge in [-0.25, -0.2) is 4.98 Å². The largest absolute Gasteiger partial charge is 0.328 e. The quantitative estimate of drug-likeness (QED) is 0.429. The smallest absolute Gasteiger partial charge is 0.255 e. The van der Waals surface area contributed by atoms with E-state index in [1.165, 1.54) is 11.1 Å².